The topological polar surface area (TPSA) is 154 Å². The Kier molecular flexibility index (Phi) is 10.3. The highest BCUT2D eigenvalue weighted by Crippen LogP contribution is 2.55. The minimum atomic E-state index is -6.59. The monoisotopic (exact) mass is 738 g/mol. The van der Waals surface area contributed by atoms with Crippen molar-refractivity contribution in [3.63, 3.8) is 0 Å². The second-order valence-corrected chi connectivity index (χ2v) is 12.2. The fourth-order valence-corrected chi connectivity index (χ4v) is 5.88. The van der Waals surface area contributed by atoms with Crippen LogP contribution < -0.4 is 15.4 Å². The van der Waals surface area contributed by atoms with Crippen molar-refractivity contribution in [2.45, 2.75) is 24.6 Å². The molecule has 2 aromatic rings. The van der Waals surface area contributed by atoms with Gasteiger partial charge in [0, 0.05) is 23.1 Å². The van der Waals surface area contributed by atoms with E-state index in [9.17, 15) is 58.1 Å². The highest BCUT2D eigenvalue weighted by Gasteiger charge is 2.73. The van der Waals surface area contributed by atoms with Crippen molar-refractivity contribution in [3.05, 3.63) is 46.1 Å². The number of pyridine rings is 1. The first-order valence-electron chi connectivity index (χ1n) is 11.8. The molecule has 1 fully saturated rings. The third-order valence-electron chi connectivity index (χ3n) is 5.96. The highest BCUT2D eigenvalue weighted by molar-refractivity contribution is 9.10. The molecule has 0 bridgehead atoms. The van der Waals surface area contributed by atoms with E-state index >= 15 is 0 Å². The summed E-state index contributed by atoms with van der Waals surface area (Å²) in [5, 5.41) is 12.6. The first kappa shape index (κ1) is 35.4. The number of nitriles is 1. The second-order valence-electron chi connectivity index (χ2n) is 8.84. The summed E-state index contributed by atoms with van der Waals surface area (Å²) in [6.07, 6.45) is -11.7. The molecule has 2 N–H and O–H groups in total. The third-order valence-corrected chi connectivity index (χ3v) is 8.64. The molecule has 1 saturated heterocycles. The lowest BCUT2D eigenvalue weighted by Gasteiger charge is -2.31. The summed E-state index contributed by atoms with van der Waals surface area (Å²) in [5.74, 6) is -5.89. The van der Waals surface area contributed by atoms with Crippen molar-refractivity contribution < 1.29 is 62.8 Å². The van der Waals surface area contributed by atoms with E-state index in [0.717, 1.165) is 23.1 Å². The van der Waals surface area contributed by atoms with E-state index in [1.807, 2.05) is 5.32 Å². The SMILES string of the molecule is N#CN=S1(=O)CCN(C(=O)C(=O)Nc2cccc(C(=O)Nc3c(Br)cc(C(F)(C(F)(F)F)C(F)(F)F)cc3OC(F)F)n2)CC1. The zero-order valence-electron chi connectivity index (χ0n) is 21.8. The Morgan fingerprint density at radius 1 is 1.04 bits per heavy atom. The van der Waals surface area contributed by atoms with Crippen LogP contribution in [0.25, 0.3) is 0 Å². The molecule has 2 heterocycles. The van der Waals surface area contributed by atoms with Gasteiger partial charge in [0.2, 0.25) is 6.19 Å². The van der Waals surface area contributed by atoms with Gasteiger partial charge in [-0.05, 0) is 40.2 Å². The zero-order valence-corrected chi connectivity index (χ0v) is 24.2. The second kappa shape index (κ2) is 13.1. The van der Waals surface area contributed by atoms with Crippen LogP contribution in [-0.4, -0.2) is 75.4 Å². The molecule has 0 unspecified atom stereocenters. The maximum absolute atomic E-state index is 14.6. The van der Waals surface area contributed by atoms with Gasteiger partial charge in [0.15, 0.2) is 5.75 Å². The molecule has 3 amide bonds. The number of rotatable bonds is 6. The summed E-state index contributed by atoms with van der Waals surface area (Å²) in [4.78, 5) is 42.5. The number of anilines is 2. The maximum Gasteiger partial charge on any atom is 0.435 e. The van der Waals surface area contributed by atoms with E-state index in [4.69, 9.17) is 5.26 Å². The van der Waals surface area contributed by atoms with Gasteiger partial charge in [-0.2, -0.15) is 40.4 Å². The third kappa shape index (κ3) is 7.75. The molecule has 0 saturated carbocycles. The number of ether oxygens (including phenoxy) is 1. The number of carbonyl (C=O) groups is 3. The van der Waals surface area contributed by atoms with Gasteiger partial charge in [-0.1, -0.05) is 6.07 Å². The molecule has 0 atom stereocenters. The number of halogens is 10. The molecule has 22 heteroatoms. The summed E-state index contributed by atoms with van der Waals surface area (Å²) >= 11 is 2.53. The van der Waals surface area contributed by atoms with Gasteiger partial charge in [0.05, 0.1) is 26.9 Å². The standard InChI is InChI=1S/C23H16BrF9N6O5S/c24-12-8-11(21(27,22(28,29)30)23(31,32)33)9-14(44-20(25)26)16(12)38-17(40)13-2-1-3-15(36-13)37-18(41)19(42)39-4-6-45(43,7-5-39)35-10-34/h1-3,8-9,20H,4-7H2,(H,38,40)(H,36,37,41). The molecule has 0 spiro atoms. The van der Waals surface area contributed by atoms with E-state index in [-0.39, 0.29) is 36.7 Å². The van der Waals surface area contributed by atoms with E-state index in [2.05, 4.69) is 35.3 Å². The van der Waals surface area contributed by atoms with Crippen molar-refractivity contribution >= 4 is 54.9 Å². The Bertz CT molecular complexity index is 1640. The molecule has 0 aliphatic carbocycles. The van der Waals surface area contributed by atoms with E-state index in [0.29, 0.717) is 0 Å². The molecule has 1 aromatic heterocycles. The summed E-state index contributed by atoms with van der Waals surface area (Å²) < 4.78 is 139. The smallest absolute Gasteiger partial charge is 0.433 e. The van der Waals surface area contributed by atoms with Gasteiger partial charge in [0.25, 0.3) is 5.91 Å². The lowest BCUT2D eigenvalue weighted by Crippen LogP contribution is -2.50. The molecule has 1 aliphatic rings. The minimum Gasteiger partial charge on any atom is -0.433 e. The predicted molar refractivity (Wildman–Crippen MR) is 139 cm³/mol. The Hall–Kier alpha value is -4.13. The average Bonchev–Trinajstić information content (AvgIpc) is 2.92. The first-order chi connectivity index (χ1) is 20.7. The molecule has 11 nitrogen and oxygen atoms in total. The van der Waals surface area contributed by atoms with Crippen LogP contribution in [0, 0.1) is 11.5 Å². The van der Waals surface area contributed by atoms with Gasteiger partial charge in [0.1, 0.15) is 11.5 Å². The molecular formula is C23H16BrF9N6O5S. The number of alkyl halides is 9. The van der Waals surface area contributed by atoms with Crippen LogP contribution in [0.5, 0.6) is 5.75 Å². The summed E-state index contributed by atoms with van der Waals surface area (Å²) in [5.41, 5.74) is -9.76. The van der Waals surface area contributed by atoms with Crippen LogP contribution in [0.3, 0.4) is 0 Å². The van der Waals surface area contributed by atoms with E-state index in [1.54, 1.807) is 0 Å². The number of hydrogen-bond acceptors (Lipinski definition) is 8. The summed E-state index contributed by atoms with van der Waals surface area (Å²) in [6, 6.07) is 2.87. The number of amides is 3. The Morgan fingerprint density at radius 3 is 2.18 bits per heavy atom. The Labute approximate surface area is 255 Å². The van der Waals surface area contributed by atoms with E-state index in [1.165, 1.54) is 6.19 Å². The van der Waals surface area contributed by atoms with Gasteiger partial charge in [-0.15, -0.1) is 4.36 Å². The van der Waals surface area contributed by atoms with Crippen molar-refractivity contribution in [1.82, 2.24) is 9.88 Å². The summed E-state index contributed by atoms with van der Waals surface area (Å²) in [6.45, 7) is -4.19. The lowest BCUT2D eigenvalue weighted by atomic mass is 9.93. The quantitative estimate of drug-likeness (QED) is 0.247. The molecular weight excluding hydrogens is 723 g/mol. The zero-order chi connectivity index (χ0) is 34.0. The highest BCUT2D eigenvalue weighted by atomic mass is 79.9. The number of nitrogens with one attached hydrogen (secondary N) is 2. The van der Waals surface area contributed by atoms with Crippen LogP contribution in [-0.2, 0) is 25.0 Å². The molecule has 1 aliphatic heterocycles. The number of benzene rings is 1. The maximum atomic E-state index is 14.6. The molecule has 3 rings (SSSR count). The molecule has 0 radical (unpaired) electrons. The number of hydrogen-bond donors (Lipinski definition) is 2. The number of nitrogens with zero attached hydrogens (tertiary/aromatic N) is 4. The largest absolute Gasteiger partial charge is 0.435 e. The van der Waals surface area contributed by atoms with Crippen LogP contribution in [0.4, 0.5) is 51.0 Å². The Balaban J connectivity index is 1.85. The predicted octanol–water partition coefficient (Wildman–Crippen LogP) is 4.72. The minimum absolute atomic E-state index is 0.0436. The fourth-order valence-electron chi connectivity index (χ4n) is 3.79. The van der Waals surface area contributed by atoms with Crippen LogP contribution in [0.1, 0.15) is 16.1 Å². The van der Waals surface area contributed by atoms with Crippen LogP contribution in [0.15, 0.2) is 39.2 Å². The average molecular weight is 739 g/mol. The van der Waals surface area contributed by atoms with Crippen molar-refractivity contribution in [2.24, 2.45) is 4.36 Å². The van der Waals surface area contributed by atoms with Crippen LogP contribution in [0.2, 0.25) is 0 Å². The molecule has 45 heavy (non-hydrogen) atoms. The van der Waals surface area contributed by atoms with Crippen molar-refractivity contribution in [2.75, 3.05) is 35.2 Å². The van der Waals surface area contributed by atoms with Gasteiger partial charge >= 0.3 is 36.4 Å². The molecule has 1 aromatic carbocycles. The summed E-state index contributed by atoms with van der Waals surface area (Å²) in [7, 11) is -2.86. The first-order valence-corrected chi connectivity index (χ1v) is 14.5. The van der Waals surface area contributed by atoms with Crippen LogP contribution >= 0.6 is 15.9 Å². The fraction of sp³-hybridized carbons (Fsp3) is 0.348. The van der Waals surface area contributed by atoms with Gasteiger partial charge in [-0.25, -0.2) is 13.6 Å². The lowest BCUT2D eigenvalue weighted by molar-refractivity contribution is -0.348. The normalized spacial score (nSPS) is 15.2. The van der Waals surface area contributed by atoms with E-state index < -0.39 is 85.1 Å². The van der Waals surface area contributed by atoms with Gasteiger partial charge in [-0.3, -0.25) is 14.4 Å². The number of carbonyl (C=O) groups excluding carboxylic acids is 3. The Morgan fingerprint density at radius 2 is 1.64 bits per heavy atom. The van der Waals surface area contributed by atoms with Crippen molar-refractivity contribution in [1.29, 1.82) is 5.26 Å². The van der Waals surface area contributed by atoms with Gasteiger partial charge < -0.3 is 20.3 Å². The molecule has 244 valence electrons. The number of aromatic nitrogens is 1. The van der Waals surface area contributed by atoms with Crippen molar-refractivity contribution in [3.8, 4) is 11.9 Å².